The van der Waals surface area contributed by atoms with E-state index in [4.69, 9.17) is 0 Å². The first-order chi connectivity index (χ1) is 13.4. The molecule has 0 aromatic heterocycles. The SMILES string of the molecule is O=C(NCc1ccccc1)c1cccc(S(=O)(=O)NCc2ccc(F)cc2)c1. The summed E-state index contributed by atoms with van der Waals surface area (Å²) in [6.45, 7) is 0.368. The van der Waals surface area contributed by atoms with Gasteiger partial charge in [0.2, 0.25) is 10.0 Å². The molecule has 0 bridgehead atoms. The third-order valence-electron chi connectivity index (χ3n) is 4.08. The summed E-state index contributed by atoms with van der Waals surface area (Å²) in [7, 11) is -3.82. The molecule has 0 heterocycles. The third kappa shape index (κ3) is 5.25. The lowest BCUT2D eigenvalue weighted by molar-refractivity contribution is 0.0950. The molecule has 0 saturated carbocycles. The average molecular weight is 398 g/mol. The molecule has 0 aliphatic rings. The smallest absolute Gasteiger partial charge is 0.251 e. The molecule has 0 aliphatic carbocycles. The Hall–Kier alpha value is -3.03. The van der Waals surface area contributed by atoms with Crippen molar-refractivity contribution in [3.05, 3.63) is 101 Å². The lowest BCUT2D eigenvalue weighted by atomic mass is 10.2. The number of halogens is 1. The molecular weight excluding hydrogens is 379 g/mol. The van der Waals surface area contributed by atoms with Crippen molar-refractivity contribution in [1.29, 1.82) is 0 Å². The molecule has 3 aromatic carbocycles. The molecule has 28 heavy (non-hydrogen) atoms. The fraction of sp³-hybridized carbons (Fsp3) is 0.0952. The van der Waals surface area contributed by atoms with Crippen LogP contribution >= 0.6 is 0 Å². The van der Waals surface area contributed by atoms with E-state index in [-0.39, 0.29) is 28.7 Å². The third-order valence-corrected chi connectivity index (χ3v) is 5.48. The van der Waals surface area contributed by atoms with Gasteiger partial charge in [0, 0.05) is 18.7 Å². The van der Waals surface area contributed by atoms with Crippen LogP contribution in [0.4, 0.5) is 4.39 Å². The van der Waals surface area contributed by atoms with Gasteiger partial charge in [-0.25, -0.2) is 17.5 Å². The first-order valence-corrected chi connectivity index (χ1v) is 10.1. The number of hydrogen-bond acceptors (Lipinski definition) is 3. The Morgan fingerprint density at radius 2 is 1.50 bits per heavy atom. The number of carbonyl (C=O) groups excluding carboxylic acids is 1. The first kappa shape index (κ1) is 19.7. The van der Waals surface area contributed by atoms with Gasteiger partial charge in [-0.2, -0.15) is 0 Å². The van der Waals surface area contributed by atoms with Crippen LogP contribution in [0.25, 0.3) is 0 Å². The predicted octanol–water partition coefficient (Wildman–Crippen LogP) is 3.23. The largest absolute Gasteiger partial charge is 0.348 e. The van der Waals surface area contributed by atoms with Crippen LogP contribution in [-0.4, -0.2) is 14.3 Å². The Kier molecular flexibility index (Phi) is 6.18. The number of nitrogens with one attached hydrogen (secondary N) is 2. The van der Waals surface area contributed by atoms with Gasteiger partial charge in [0.05, 0.1) is 4.90 Å². The summed E-state index contributed by atoms with van der Waals surface area (Å²) in [5.74, 6) is -0.750. The van der Waals surface area contributed by atoms with Crippen molar-refractivity contribution in [1.82, 2.24) is 10.0 Å². The van der Waals surface area contributed by atoms with Crippen molar-refractivity contribution in [2.45, 2.75) is 18.0 Å². The van der Waals surface area contributed by atoms with Crippen LogP contribution in [0.5, 0.6) is 0 Å². The van der Waals surface area contributed by atoms with Crippen molar-refractivity contribution in [3.8, 4) is 0 Å². The predicted molar refractivity (Wildman–Crippen MR) is 104 cm³/mol. The minimum absolute atomic E-state index is 0.0121. The zero-order chi connectivity index (χ0) is 20.0. The van der Waals surface area contributed by atoms with Crippen LogP contribution in [0.3, 0.4) is 0 Å². The van der Waals surface area contributed by atoms with Crippen LogP contribution in [0.15, 0.2) is 83.8 Å². The van der Waals surface area contributed by atoms with E-state index < -0.39 is 10.0 Å². The molecule has 0 unspecified atom stereocenters. The van der Waals surface area contributed by atoms with Crippen LogP contribution in [-0.2, 0) is 23.1 Å². The van der Waals surface area contributed by atoms with Gasteiger partial charge in [0.25, 0.3) is 5.91 Å². The van der Waals surface area contributed by atoms with Gasteiger partial charge in [0.1, 0.15) is 5.82 Å². The Morgan fingerprint density at radius 1 is 0.821 bits per heavy atom. The minimum Gasteiger partial charge on any atom is -0.348 e. The van der Waals surface area contributed by atoms with Crippen LogP contribution in [0, 0.1) is 5.82 Å². The van der Waals surface area contributed by atoms with Gasteiger partial charge in [-0.15, -0.1) is 0 Å². The summed E-state index contributed by atoms with van der Waals surface area (Å²) in [6, 6.07) is 20.8. The average Bonchev–Trinajstić information content (AvgIpc) is 2.72. The highest BCUT2D eigenvalue weighted by Crippen LogP contribution is 2.13. The Balaban J connectivity index is 1.67. The number of amides is 1. The normalized spacial score (nSPS) is 11.2. The highest BCUT2D eigenvalue weighted by atomic mass is 32.2. The summed E-state index contributed by atoms with van der Waals surface area (Å²) >= 11 is 0. The van der Waals surface area contributed by atoms with Crippen molar-refractivity contribution >= 4 is 15.9 Å². The lowest BCUT2D eigenvalue weighted by Gasteiger charge is -2.09. The van der Waals surface area contributed by atoms with Gasteiger partial charge in [-0.3, -0.25) is 4.79 Å². The number of rotatable bonds is 7. The molecule has 3 aromatic rings. The van der Waals surface area contributed by atoms with E-state index >= 15 is 0 Å². The standard InChI is InChI=1S/C21H19FN2O3S/c22-19-11-9-17(10-12-19)15-24-28(26,27)20-8-4-7-18(13-20)21(25)23-14-16-5-2-1-3-6-16/h1-13,24H,14-15H2,(H,23,25). The second-order valence-electron chi connectivity index (χ2n) is 6.15. The van der Waals surface area contributed by atoms with Gasteiger partial charge in [-0.1, -0.05) is 48.5 Å². The second kappa shape index (κ2) is 8.77. The van der Waals surface area contributed by atoms with Crippen LogP contribution in [0.2, 0.25) is 0 Å². The first-order valence-electron chi connectivity index (χ1n) is 8.60. The number of carbonyl (C=O) groups is 1. The Labute approximate surface area is 163 Å². The second-order valence-corrected chi connectivity index (χ2v) is 7.91. The molecule has 3 rings (SSSR count). The highest BCUT2D eigenvalue weighted by molar-refractivity contribution is 7.89. The molecule has 7 heteroatoms. The van der Waals surface area contributed by atoms with Crippen molar-refractivity contribution in [2.24, 2.45) is 0 Å². The quantitative estimate of drug-likeness (QED) is 0.642. The molecule has 0 spiro atoms. The van der Waals surface area contributed by atoms with Crippen LogP contribution < -0.4 is 10.0 Å². The van der Waals surface area contributed by atoms with E-state index in [0.29, 0.717) is 12.1 Å². The molecule has 0 fully saturated rings. The lowest BCUT2D eigenvalue weighted by Crippen LogP contribution is -2.25. The fourth-order valence-corrected chi connectivity index (χ4v) is 3.61. The maximum Gasteiger partial charge on any atom is 0.251 e. The molecule has 1 amide bonds. The van der Waals surface area contributed by atoms with E-state index in [2.05, 4.69) is 10.0 Å². The summed E-state index contributed by atoms with van der Waals surface area (Å²) in [6.07, 6.45) is 0. The summed E-state index contributed by atoms with van der Waals surface area (Å²) in [5.41, 5.74) is 1.82. The van der Waals surface area contributed by atoms with E-state index in [1.165, 1.54) is 42.5 Å². The van der Waals surface area contributed by atoms with Crippen molar-refractivity contribution in [3.63, 3.8) is 0 Å². The van der Waals surface area contributed by atoms with Crippen LogP contribution in [0.1, 0.15) is 21.5 Å². The molecule has 2 N–H and O–H groups in total. The molecule has 0 atom stereocenters. The van der Waals surface area contributed by atoms with E-state index in [9.17, 15) is 17.6 Å². The van der Waals surface area contributed by atoms with Gasteiger partial charge >= 0.3 is 0 Å². The summed E-state index contributed by atoms with van der Waals surface area (Å²) in [4.78, 5) is 12.3. The molecular formula is C21H19FN2O3S. The molecule has 0 radical (unpaired) electrons. The Morgan fingerprint density at radius 3 is 2.21 bits per heavy atom. The molecule has 0 saturated heterocycles. The van der Waals surface area contributed by atoms with Gasteiger partial charge < -0.3 is 5.32 Å². The number of sulfonamides is 1. The number of hydrogen-bond donors (Lipinski definition) is 2. The zero-order valence-electron chi connectivity index (χ0n) is 14.9. The van der Waals surface area contributed by atoms with Crippen molar-refractivity contribution in [2.75, 3.05) is 0 Å². The topological polar surface area (TPSA) is 75.3 Å². The van der Waals surface area contributed by atoms with Crippen molar-refractivity contribution < 1.29 is 17.6 Å². The van der Waals surface area contributed by atoms with E-state index in [1.54, 1.807) is 6.07 Å². The highest BCUT2D eigenvalue weighted by Gasteiger charge is 2.16. The maximum atomic E-state index is 12.9. The summed E-state index contributed by atoms with van der Waals surface area (Å²) < 4.78 is 40.4. The van der Waals surface area contributed by atoms with Gasteiger partial charge in [-0.05, 0) is 41.5 Å². The zero-order valence-corrected chi connectivity index (χ0v) is 15.7. The van der Waals surface area contributed by atoms with Gasteiger partial charge in [0.15, 0.2) is 0 Å². The molecule has 5 nitrogen and oxygen atoms in total. The molecule has 0 aliphatic heterocycles. The summed E-state index contributed by atoms with van der Waals surface area (Å²) in [5, 5.41) is 2.77. The fourth-order valence-electron chi connectivity index (χ4n) is 2.55. The minimum atomic E-state index is -3.82. The monoisotopic (exact) mass is 398 g/mol. The van der Waals surface area contributed by atoms with E-state index in [1.807, 2.05) is 30.3 Å². The number of benzene rings is 3. The Bertz CT molecular complexity index is 1050. The maximum absolute atomic E-state index is 12.9. The molecule has 144 valence electrons. The van der Waals surface area contributed by atoms with E-state index in [0.717, 1.165) is 5.56 Å².